The molecular formula is C20H19ClN4O. The van der Waals surface area contributed by atoms with Crippen molar-refractivity contribution in [1.29, 1.82) is 0 Å². The number of benzene rings is 1. The molecule has 6 heteroatoms. The van der Waals surface area contributed by atoms with Crippen molar-refractivity contribution in [1.82, 2.24) is 20.1 Å². The molecule has 26 heavy (non-hydrogen) atoms. The lowest BCUT2D eigenvalue weighted by atomic mass is 9.90. The van der Waals surface area contributed by atoms with Crippen LogP contribution in [-0.4, -0.2) is 39.1 Å². The monoisotopic (exact) mass is 366 g/mol. The van der Waals surface area contributed by atoms with Crippen molar-refractivity contribution < 1.29 is 4.79 Å². The number of piperidine rings is 1. The summed E-state index contributed by atoms with van der Waals surface area (Å²) in [4.78, 5) is 18.7. The Morgan fingerprint density at radius 1 is 1.12 bits per heavy atom. The van der Waals surface area contributed by atoms with Crippen LogP contribution in [0.25, 0.3) is 11.3 Å². The van der Waals surface area contributed by atoms with Crippen LogP contribution in [0.1, 0.15) is 34.8 Å². The van der Waals surface area contributed by atoms with Crippen LogP contribution in [0.15, 0.2) is 54.9 Å². The highest BCUT2D eigenvalue weighted by Gasteiger charge is 2.25. The minimum atomic E-state index is -0.000966. The van der Waals surface area contributed by atoms with Gasteiger partial charge in [-0.05, 0) is 54.7 Å². The summed E-state index contributed by atoms with van der Waals surface area (Å²) in [5, 5.41) is 7.79. The number of rotatable bonds is 3. The smallest absolute Gasteiger partial charge is 0.271 e. The molecule has 0 radical (unpaired) electrons. The molecule has 0 spiro atoms. The second-order valence-corrected chi connectivity index (χ2v) is 6.96. The lowest BCUT2D eigenvalue weighted by Gasteiger charge is -2.31. The van der Waals surface area contributed by atoms with Crippen molar-refractivity contribution in [2.24, 2.45) is 0 Å². The maximum atomic E-state index is 12.8. The lowest BCUT2D eigenvalue weighted by molar-refractivity contribution is 0.0707. The van der Waals surface area contributed by atoms with Crippen LogP contribution in [0.3, 0.4) is 0 Å². The summed E-state index contributed by atoms with van der Waals surface area (Å²) < 4.78 is 0. The van der Waals surface area contributed by atoms with Gasteiger partial charge in [0.15, 0.2) is 0 Å². The first-order valence-electron chi connectivity index (χ1n) is 8.71. The van der Waals surface area contributed by atoms with Crippen LogP contribution in [0.2, 0.25) is 5.02 Å². The van der Waals surface area contributed by atoms with E-state index in [1.165, 1.54) is 5.56 Å². The van der Waals surface area contributed by atoms with Crippen molar-refractivity contribution in [3.63, 3.8) is 0 Å². The molecule has 1 amide bonds. The molecule has 4 rings (SSSR count). The van der Waals surface area contributed by atoms with Crippen LogP contribution in [0.5, 0.6) is 0 Å². The average molecular weight is 367 g/mol. The first kappa shape index (κ1) is 16.8. The van der Waals surface area contributed by atoms with Gasteiger partial charge in [-0.1, -0.05) is 23.7 Å². The van der Waals surface area contributed by atoms with Gasteiger partial charge < -0.3 is 4.90 Å². The number of hydrogen-bond acceptors (Lipinski definition) is 3. The Morgan fingerprint density at radius 3 is 2.62 bits per heavy atom. The molecule has 0 aliphatic carbocycles. The molecule has 1 N–H and O–H groups in total. The standard InChI is InChI=1S/C20H19ClN4O/c21-17-3-1-2-16(12-17)18-13-19(24-23-18)20(26)25-10-6-15(7-11-25)14-4-8-22-9-5-14/h1-5,8-9,12-13,15H,6-7,10-11H2,(H,23,24). The van der Waals surface area contributed by atoms with Crippen LogP contribution < -0.4 is 0 Å². The van der Waals surface area contributed by atoms with E-state index in [0.717, 1.165) is 37.2 Å². The molecular weight excluding hydrogens is 348 g/mol. The summed E-state index contributed by atoms with van der Waals surface area (Å²) in [5.74, 6) is 0.491. The van der Waals surface area contributed by atoms with Gasteiger partial charge in [-0.15, -0.1) is 0 Å². The molecule has 0 saturated carbocycles. The first-order valence-corrected chi connectivity index (χ1v) is 9.09. The van der Waals surface area contributed by atoms with E-state index in [1.807, 2.05) is 41.6 Å². The Morgan fingerprint density at radius 2 is 1.88 bits per heavy atom. The first-order chi connectivity index (χ1) is 12.7. The zero-order chi connectivity index (χ0) is 17.9. The van der Waals surface area contributed by atoms with Gasteiger partial charge in [-0.3, -0.25) is 14.9 Å². The van der Waals surface area contributed by atoms with E-state index in [4.69, 9.17) is 11.6 Å². The van der Waals surface area contributed by atoms with Gasteiger partial charge >= 0.3 is 0 Å². The molecule has 132 valence electrons. The normalized spacial score (nSPS) is 15.2. The Bertz CT molecular complexity index is 901. The van der Waals surface area contributed by atoms with Gasteiger partial charge in [0, 0.05) is 36.1 Å². The predicted octanol–water partition coefficient (Wildman–Crippen LogP) is 4.14. The van der Waals surface area contributed by atoms with E-state index < -0.39 is 0 Å². The SMILES string of the molecule is O=C(c1cc(-c2cccc(Cl)c2)n[nH]1)N1CCC(c2ccncc2)CC1. The average Bonchev–Trinajstić information content (AvgIpc) is 3.18. The van der Waals surface area contributed by atoms with E-state index >= 15 is 0 Å². The summed E-state index contributed by atoms with van der Waals surface area (Å²) in [7, 11) is 0. The number of aromatic amines is 1. The van der Waals surface area contributed by atoms with Gasteiger partial charge in [0.1, 0.15) is 5.69 Å². The highest BCUT2D eigenvalue weighted by molar-refractivity contribution is 6.30. The second kappa shape index (κ2) is 7.30. The number of aromatic nitrogens is 3. The molecule has 0 bridgehead atoms. The van der Waals surface area contributed by atoms with Gasteiger partial charge in [0.05, 0.1) is 5.69 Å². The van der Waals surface area contributed by atoms with Crippen LogP contribution in [0, 0.1) is 0 Å². The quantitative estimate of drug-likeness (QED) is 0.757. The molecule has 3 aromatic rings. The molecule has 0 atom stereocenters. The van der Waals surface area contributed by atoms with E-state index in [0.29, 0.717) is 16.6 Å². The Balaban J connectivity index is 1.43. The summed E-state index contributed by atoms with van der Waals surface area (Å²) in [6.07, 6.45) is 5.58. The predicted molar refractivity (Wildman–Crippen MR) is 101 cm³/mol. The topological polar surface area (TPSA) is 61.9 Å². The third-order valence-electron chi connectivity index (χ3n) is 4.89. The number of carbonyl (C=O) groups excluding carboxylic acids is 1. The van der Waals surface area contributed by atoms with E-state index in [1.54, 1.807) is 6.07 Å². The molecule has 1 fully saturated rings. The molecule has 5 nitrogen and oxygen atoms in total. The molecule has 1 saturated heterocycles. The van der Waals surface area contributed by atoms with Gasteiger partial charge in [-0.2, -0.15) is 5.10 Å². The number of nitrogens with one attached hydrogen (secondary N) is 1. The van der Waals surface area contributed by atoms with Crippen molar-refractivity contribution in [2.75, 3.05) is 13.1 Å². The summed E-state index contributed by atoms with van der Waals surface area (Å²) in [5.41, 5.74) is 3.44. The maximum Gasteiger partial charge on any atom is 0.271 e. The van der Waals surface area contributed by atoms with E-state index in [9.17, 15) is 4.79 Å². The molecule has 1 aromatic carbocycles. The fourth-order valence-corrected chi connectivity index (χ4v) is 3.64. The second-order valence-electron chi connectivity index (χ2n) is 6.52. The Labute approximate surface area is 157 Å². The Hall–Kier alpha value is -2.66. The van der Waals surface area contributed by atoms with E-state index in [-0.39, 0.29) is 5.91 Å². The number of carbonyl (C=O) groups is 1. The third-order valence-corrected chi connectivity index (χ3v) is 5.12. The van der Waals surface area contributed by atoms with Crippen LogP contribution in [0.4, 0.5) is 0 Å². The molecule has 1 aliphatic heterocycles. The lowest BCUT2D eigenvalue weighted by Crippen LogP contribution is -2.38. The third kappa shape index (κ3) is 3.48. The van der Waals surface area contributed by atoms with Gasteiger partial charge in [-0.25, -0.2) is 0 Å². The molecule has 2 aromatic heterocycles. The molecule has 3 heterocycles. The number of halogens is 1. The van der Waals surface area contributed by atoms with Crippen LogP contribution >= 0.6 is 11.6 Å². The van der Waals surface area contributed by atoms with Crippen molar-refractivity contribution in [3.8, 4) is 11.3 Å². The maximum absolute atomic E-state index is 12.8. The number of amides is 1. The number of H-pyrrole nitrogens is 1. The zero-order valence-electron chi connectivity index (χ0n) is 14.2. The molecule has 1 aliphatic rings. The highest BCUT2D eigenvalue weighted by Crippen LogP contribution is 2.28. The Kier molecular flexibility index (Phi) is 4.71. The van der Waals surface area contributed by atoms with Crippen LogP contribution in [-0.2, 0) is 0 Å². The zero-order valence-corrected chi connectivity index (χ0v) is 15.0. The fraction of sp³-hybridized carbons (Fsp3) is 0.250. The highest BCUT2D eigenvalue weighted by atomic mass is 35.5. The number of likely N-dealkylation sites (tertiary alicyclic amines) is 1. The minimum absolute atomic E-state index is 0.000966. The van der Waals surface area contributed by atoms with Crippen molar-refractivity contribution in [3.05, 3.63) is 71.1 Å². The van der Waals surface area contributed by atoms with Gasteiger partial charge in [0.25, 0.3) is 5.91 Å². The number of hydrogen-bond donors (Lipinski definition) is 1. The largest absolute Gasteiger partial charge is 0.337 e. The van der Waals surface area contributed by atoms with Crippen molar-refractivity contribution in [2.45, 2.75) is 18.8 Å². The van der Waals surface area contributed by atoms with Crippen molar-refractivity contribution >= 4 is 17.5 Å². The van der Waals surface area contributed by atoms with Gasteiger partial charge in [0.2, 0.25) is 0 Å². The number of nitrogens with zero attached hydrogens (tertiary/aromatic N) is 3. The number of pyridine rings is 1. The molecule has 0 unspecified atom stereocenters. The summed E-state index contributed by atoms with van der Waals surface area (Å²) in [6, 6.07) is 13.4. The fourth-order valence-electron chi connectivity index (χ4n) is 3.45. The van der Waals surface area contributed by atoms with E-state index in [2.05, 4.69) is 27.3 Å². The minimum Gasteiger partial charge on any atom is -0.337 e. The summed E-state index contributed by atoms with van der Waals surface area (Å²) in [6.45, 7) is 1.49. The summed E-state index contributed by atoms with van der Waals surface area (Å²) >= 11 is 6.03.